The minimum atomic E-state index is -0.232. The van der Waals surface area contributed by atoms with Crippen LogP contribution in [0.3, 0.4) is 0 Å². The summed E-state index contributed by atoms with van der Waals surface area (Å²) in [5.74, 6) is 2.13. The van der Waals surface area contributed by atoms with E-state index in [0.717, 1.165) is 18.4 Å². The van der Waals surface area contributed by atoms with Crippen LogP contribution in [0.2, 0.25) is 0 Å². The van der Waals surface area contributed by atoms with Crippen molar-refractivity contribution < 1.29 is 18.8 Å². The molecule has 1 aromatic heterocycles. The van der Waals surface area contributed by atoms with E-state index in [9.17, 15) is 4.79 Å². The van der Waals surface area contributed by atoms with Gasteiger partial charge in [0.2, 0.25) is 11.7 Å². The van der Waals surface area contributed by atoms with Gasteiger partial charge >= 0.3 is 0 Å². The van der Waals surface area contributed by atoms with Crippen molar-refractivity contribution in [3.8, 4) is 22.9 Å². The largest absolute Gasteiger partial charge is 0.490 e. The lowest BCUT2D eigenvalue weighted by atomic mass is 10.1. The summed E-state index contributed by atoms with van der Waals surface area (Å²) in [6, 6.07) is 14.7. The molecule has 0 aliphatic carbocycles. The van der Waals surface area contributed by atoms with Crippen LogP contribution in [0.5, 0.6) is 11.5 Å². The number of rotatable bonds is 7. The van der Waals surface area contributed by atoms with Gasteiger partial charge in [-0.2, -0.15) is 4.98 Å². The van der Waals surface area contributed by atoms with Crippen molar-refractivity contribution in [3.63, 3.8) is 0 Å². The third kappa shape index (κ3) is 4.01. The van der Waals surface area contributed by atoms with E-state index in [1.54, 1.807) is 23.1 Å². The molecule has 0 bridgehead atoms. The molecule has 4 rings (SSSR count). The van der Waals surface area contributed by atoms with E-state index in [1.165, 1.54) is 0 Å². The van der Waals surface area contributed by atoms with Crippen LogP contribution in [0, 0.1) is 0 Å². The number of hydrogen-bond donors (Lipinski definition) is 0. The zero-order valence-electron chi connectivity index (χ0n) is 17.2. The van der Waals surface area contributed by atoms with Crippen LogP contribution >= 0.6 is 0 Å². The zero-order valence-corrected chi connectivity index (χ0v) is 17.2. The third-order valence-corrected chi connectivity index (χ3v) is 5.06. The zero-order chi connectivity index (χ0) is 20.9. The Kier molecular flexibility index (Phi) is 5.97. The Balaban J connectivity index is 1.57. The van der Waals surface area contributed by atoms with Crippen molar-refractivity contribution in [2.75, 3.05) is 19.8 Å². The number of nitrogens with zero attached hydrogens (tertiary/aromatic N) is 3. The average Bonchev–Trinajstić information content (AvgIpc) is 3.45. The molecule has 1 amide bonds. The highest BCUT2D eigenvalue weighted by atomic mass is 16.5. The van der Waals surface area contributed by atoms with Crippen LogP contribution in [-0.2, 0) is 0 Å². The molecule has 1 saturated heterocycles. The van der Waals surface area contributed by atoms with E-state index in [1.807, 2.05) is 44.2 Å². The van der Waals surface area contributed by atoms with Crippen LogP contribution in [0.1, 0.15) is 49.0 Å². The first-order valence-corrected chi connectivity index (χ1v) is 10.3. The van der Waals surface area contributed by atoms with Crippen LogP contribution in [0.15, 0.2) is 53.1 Å². The molecule has 3 aromatic rings. The van der Waals surface area contributed by atoms with Gasteiger partial charge in [0.25, 0.3) is 5.91 Å². The normalized spacial score (nSPS) is 15.9. The van der Waals surface area contributed by atoms with Crippen molar-refractivity contribution in [1.82, 2.24) is 15.0 Å². The van der Waals surface area contributed by atoms with Crippen LogP contribution < -0.4 is 9.47 Å². The predicted octanol–water partition coefficient (Wildman–Crippen LogP) is 4.51. The molecule has 0 saturated carbocycles. The molecule has 7 nitrogen and oxygen atoms in total. The van der Waals surface area contributed by atoms with E-state index in [4.69, 9.17) is 14.0 Å². The standard InChI is InChI=1S/C23H25N3O4/c1-3-28-19-13-12-17(15-20(19)29-4-2)23(27)26-14-8-11-18(26)22-24-21(25-30-22)16-9-6-5-7-10-16/h5-7,9-10,12-13,15,18H,3-4,8,11,14H2,1-2H3. The van der Waals surface area contributed by atoms with Gasteiger partial charge in [-0.05, 0) is 44.9 Å². The lowest BCUT2D eigenvalue weighted by Gasteiger charge is -2.22. The molecule has 1 aliphatic rings. The highest BCUT2D eigenvalue weighted by Gasteiger charge is 2.35. The summed E-state index contributed by atoms with van der Waals surface area (Å²) in [6.07, 6.45) is 1.67. The van der Waals surface area contributed by atoms with Crippen molar-refractivity contribution >= 4 is 5.91 Å². The molecule has 1 atom stereocenters. The Morgan fingerprint density at radius 3 is 2.63 bits per heavy atom. The van der Waals surface area contributed by atoms with Crippen LogP contribution in [0.4, 0.5) is 0 Å². The van der Waals surface area contributed by atoms with Gasteiger partial charge < -0.3 is 18.9 Å². The second-order valence-corrected chi connectivity index (χ2v) is 7.01. The Morgan fingerprint density at radius 2 is 1.87 bits per heavy atom. The molecule has 30 heavy (non-hydrogen) atoms. The second kappa shape index (κ2) is 8.98. The summed E-state index contributed by atoms with van der Waals surface area (Å²) in [6.45, 7) is 5.48. The van der Waals surface area contributed by atoms with E-state index >= 15 is 0 Å². The van der Waals surface area contributed by atoms with Gasteiger partial charge in [0.1, 0.15) is 6.04 Å². The van der Waals surface area contributed by atoms with Gasteiger partial charge in [0.05, 0.1) is 13.2 Å². The quantitative estimate of drug-likeness (QED) is 0.573. The minimum absolute atomic E-state index is 0.0824. The first-order chi connectivity index (χ1) is 14.7. The maximum absolute atomic E-state index is 13.3. The van der Waals surface area contributed by atoms with Gasteiger partial charge in [0.15, 0.2) is 11.5 Å². The Labute approximate surface area is 175 Å². The molecule has 0 N–H and O–H groups in total. The second-order valence-electron chi connectivity index (χ2n) is 7.01. The number of hydrogen-bond acceptors (Lipinski definition) is 6. The SMILES string of the molecule is CCOc1ccc(C(=O)N2CCCC2c2nc(-c3ccccc3)no2)cc1OCC. The average molecular weight is 407 g/mol. The van der Waals surface area contributed by atoms with Gasteiger partial charge in [-0.15, -0.1) is 0 Å². The van der Waals surface area contributed by atoms with Crippen molar-refractivity contribution in [2.45, 2.75) is 32.7 Å². The fourth-order valence-electron chi connectivity index (χ4n) is 3.69. The molecule has 7 heteroatoms. The van der Waals surface area contributed by atoms with Gasteiger partial charge in [-0.3, -0.25) is 4.79 Å². The molecule has 2 heterocycles. The summed E-state index contributed by atoms with van der Waals surface area (Å²) in [4.78, 5) is 19.6. The highest BCUT2D eigenvalue weighted by Crippen LogP contribution is 2.35. The number of carbonyl (C=O) groups excluding carboxylic acids is 1. The van der Waals surface area contributed by atoms with Crippen molar-refractivity contribution in [3.05, 3.63) is 60.0 Å². The van der Waals surface area contributed by atoms with Crippen LogP contribution in [-0.4, -0.2) is 40.7 Å². The topological polar surface area (TPSA) is 77.7 Å². The maximum atomic E-state index is 13.3. The monoisotopic (exact) mass is 407 g/mol. The summed E-state index contributed by atoms with van der Waals surface area (Å²) in [5.41, 5.74) is 1.44. The lowest BCUT2D eigenvalue weighted by Crippen LogP contribution is -2.30. The number of aromatic nitrogens is 2. The molecule has 2 aromatic carbocycles. The van der Waals surface area contributed by atoms with Gasteiger partial charge in [-0.1, -0.05) is 35.5 Å². The molecule has 1 aliphatic heterocycles. The minimum Gasteiger partial charge on any atom is -0.490 e. The Bertz CT molecular complexity index is 1000. The number of carbonyl (C=O) groups is 1. The molecule has 0 radical (unpaired) electrons. The summed E-state index contributed by atoms with van der Waals surface area (Å²) in [7, 11) is 0. The summed E-state index contributed by atoms with van der Waals surface area (Å²) < 4.78 is 16.8. The third-order valence-electron chi connectivity index (χ3n) is 5.06. The number of benzene rings is 2. The van der Waals surface area contributed by atoms with Crippen molar-refractivity contribution in [2.24, 2.45) is 0 Å². The summed E-state index contributed by atoms with van der Waals surface area (Å²) >= 11 is 0. The number of ether oxygens (including phenoxy) is 2. The molecule has 1 unspecified atom stereocenters. The molecule has 1 fully saturated rings. The fraction of sp³-hybridized carbons (Fsp3) is 0.348. The Hall–Kier alpha value is -3.35. The first-order valence-electron chi connectivity index (χ1n) is 10.3. The molecular formula is C23H25N3O4. The van der Waals surface area contributed by atoms with E-state index in [0.29, 0.717) is 48.5 Å². The smallest absolute Gasteiger partial charge is 0.254 e. The van der Waals surface area contributed by atoms with Gasteiger partial charge in [0, 0.05) is 17.7 Å². The number of likely N-dealkylation sites (tertiary alicyclic amines) is 1. The highest BCUT2D eigenvalue weighted by molar-refractivity contribution is 5.95. The van der Waals surface area contributed by atoms with E-state index in [2.05, 4.69) is 10.1 Å². The summed E-state index contributed by atoms with van der Waals surface area (Å²) in [5, 5.41) is 4.11. The lowest BCUT2D eigenvalue weighted by molar-refractivity contribution is 0.0709. The first kappa shape index (κ1) is 19.9. The van der Waals surface area contributed by atoms with E-state index in [-0.39, 0.29) is 11.9 Å². The van der Waals surface area contributed by atoms with E-state index < -0.39 is 0 Å². The number of amides is 1. The van der Waals surface area contributed by atoms with Gasteiger partial charge in [-0.25, -0.2) is 0 Å². The maximum Gasteiger partial charge on any atom is 0.254 e. The van der Waals surface area contributed by atoms with Crippen molar-refractivity contribution in [1.29, 1.82) is 0 Å². The molecular weight excluding hydrogens is 382 g/mol. The molecule has 156 valence electrons. The Morgan fingerprint density at radius 1 is 1.10 bits per heavy atom. The predicted molar refractivity (Wildman–Crippen MR) is 112 cm³/mol. The fourth-order valence-corrected chi connectivity index (χ4v) is 3.69. The van der Waals surface area contributed by atoms with Crippen LogP contribution in [0.25, 0.3) is 11.4 Å². The molecule has 0 spiro atoms.